The molecule has 0 aromatic rings. The van der Waals surface area contributed by atoms with Crippen molar-refractivity contribution in [3.8, 4) is 0 Å². The average molecular weight is 322 g/mol. The maximum absolute atomic E-state index is 11.9. The second-order valence-corrected chi connectivity index (χ2v) is 5.74. The number of hydrogen-bond donors (Lipinski definition) is 0. The van der Waals surface area contributed by atoms with Crippen molar-refractivity contribution < 1.29 is 23.8 Å². The SMILES string of the molecule is CCOC(=O)C(C)CC(SC(=S)OCC)C(=O)OCC. The molecule has 0 rings (SSSR count). The largest absolute Gasteiger partial charge is 0.479 e. The molecule has 0 bridgehead atoms. The van der Waals surface area contributed by atoms with E-state index in [2.05, 4.69) is 0 Å². The van der Waals surface area contributed by atoms with Crippen molar-refractivity contribution in [1.29, 1.82) is 0 Å². The van der Waals surface area contributed by atoms with E-state index in [0.29, 0.717) is 19.6 Å². The zero-order chi connectivity index (χ0) is 15.5. The van der Waals surface area contributed by atoms with Gasteiger partial charge in [0.2, 0.25) is 4.38 Å². The highest BCUT2D eigenvalue weighted by Crippen LogP contribution is 2.24. The lowest BCUT2D eigenvalue weighted by molar-refractivity contribution is -0.148. The molecule has 2 unspecified atom stereocenters. The molecule has 0 aromatic heterocycles. The monoisotopic (exact) mass is 322 g/mol. The number of carbonyl (C=O) groups excluding carboxylic acids is 2. The summed E-state index contributed by atoms with van der Waals surface area (Å²) in [4.78, 5) is 23.5. The third-order valence-corrected chi connectivity index (χ3v) is 3.69. The van der Waals surface area contributed by atoms with Gasteiger partial charge in [0, 0.05) is 0 Å². The molecular formula is C13H22O5S2. The Hall–Kier alpha value is -0.820. The van der Waals surface area contributed by atoms with E-state index < -0.39 is 17.1 Å². The number of hydrogen-bond acceptors (Lipinski definition) is 7. The molecule has 5 nitrogen and oxygen atoms in total. The average Bonchev–Trinajstić information content (AvgIpc) is 2.38. The predicted molar refractivity (Wildman–Crippen MR) is 82.7 cm³/mol. The first-order valence-corrected chi connectivity index (χ1v) is 7.91. The lowest BCUT2D eigenvalue weighted by Gasteiger charge is -2.18. The van der Waals surface area contributed by atoms with Gasteiger partial charge < -0.3 is 14.2 Å². The number of thioether (sulfide) groups is 1. The molecule has 0 spiro atoms. The minimum Gasteiger partial charge on any atom is -0.479 e. The molecule has 0 N–H and O–H groups in total. The molecule has 0 aliphatic rings. The molecule has 0 heterocycles. The number of thiocarbonyl (C=S) groups is 1. The van der Waals surface area contributed by atoms with E-state index in [1.807, 2.05) is 6.92 Å². The van der Waals surface area contributed by atoms with E-state index in [9.17, 15) is 9.59 Å². The lowest BCUT2D eigenvalue weighted by Crippen LogP contribution is -2.27. The van der Waals surface area contributed by atoms with Crippen LogP contribution in [0.2, 0.25) is 0 Å². The van der Waals surface area contributed by atoms with E-state index in [-0.39, 0.29) is 17.0 Å². The van der Waals surface area contributed by atoms with Crippen molar-refractivity contribution in [2.24, 2.45) is 5.92 Å². The second-order valence-electron chi connectivity index (χ2n) is 3.93. The third-order valence-electron chi connectivity index (χ3n) is 2.31. The van der Waals surface area contributed by atoms with E-state index in [1.165, 1.54) is 0 Å². The summed E-state index contributed by atoms with van der Waals surface area (Å²) in [6, 6.07) is 0. The normalized spacial score (nSPS) is 13.2. The van der Waals surface area contributed by atoms with Crippen molar-refractivity contribution in [1.82, 2.24) is 0 Å². The predicted octanol–water partition coefficient (Wildman–Crippen LogP) is 2.56. The summed E-state index contributed by atoms with van der Waals surface area (Å²) in [5.41, 5.74) is 0. The molecular weight excluding hydrogens is 300 g/mol. The van der Waals surface area contributed by atoms with Crippen LogP contribution in [-0.2, 0) is 23.8 Å². The molecule has 0 saturated carbocycles. The van der Waals surface area contributed by atoms with Crippen LogP contribution in [0.25, 0.3) is 0 Å². The Labute approximate surface area is 129 Å². The van der Waals surface area contributed by atoms with Gasteiger partial charge in [0.15, 0.2) is 0 Å². The zero-order valence-corrected chi connectivity index (χ0v) is 14.0. The Morgan fingerprint density at radius 3 is 2.00 bits per heavy atom. The van der Waals surface area contributed by atoms with Gasteiger partial charge in [-0.1, -0.05) is 18.7 Å². The zero-order valence-electron chi connectivity index (χ0n) is 12.3. The smallest absolute Gasteiger partial charge is 0.319 e. The molecule has 0 fully saturated rings. The Bertz CT molecular complexity index is 333. The topological polar surface area (TPSA) is 61.8 Å². The van der Waals surface area contributed by atoms with Gasteiger partial charge in [-0.15, -0.1) is 0 Å². The van der Waals surface area contributed by atoms with Crippen LogP contribution in [0.4, 0.5) is 0 Å². The maximum atomic E-state index is 11.9. The summed E-state index contributed by atoms with van der Waals surface area (Å²) in [5, 5.41) is -0.562. The lowest BCUT2D eigenvalue weighted by atomic mass is 10.1. The number of carbonyl (C=O) groups is 2. The van der Waals surface area contributed by atoms with Crippen molar-refractivity contribution in [3.63, 3.8) is 0 Å². The van der Waals surface area contributed by atoms with Gasteiger partial charge in [-0.2, -0.15) is 0 Å². The third kappa shape index (κ3) is 7.69. The first-order chi connectivity index (χ1) is 9.46. The molecule has 0 saturated heterocycles. The van der Waals surface area contributed by atoms with Gasteiger partial charge in [0.1, 0.15) is 5.25 Å². The van der Waals surface area contributed by atoms with E-state index >= 15 is 0 Å². The van der Waals surface area contributed by atoms with E-state index in [1.54, 1.807) is 20.8 Å². The first kappa shape index (κ1) is 19.2. The van der Waals surface area contributed by atoms with Gasteiger partial charge in [0.05, 0.1) is 25.7 Å². The Kier molecular flexibility index (Phi) is 10.5. The summed E-state index contributed by atoms with van der Waals surface area (Å²) in [7, 11) is 0. The summed E-state index contributed by atoms with van der Waals surface area (Å²) < 4.78 is 15.4. The second kappa shape index (κ2) is 10.9. The van der Waals surface area contributed by atoms with Gasteiger partial charge in [-0.05, 0) is 39.4 Å². The Morgan fingerprint density at radius 1 is 1.00 bits per heavy atom. The van der Waals surface area contributed by atoms with Gasteiger partial charge in [-0.25, -0.2) is 0 Å². The highest BCUT2D eigenvalue weighted by atomic mass is 32.2. The molecule has 0 radical (unpaired) electrons. The molecule has 0 amide bonds. The van der Waals surface area contributed by atoms with Gasteiger partial charge in [0.25, 0.3) is 0 Å². The molecule has 7 heteroatoms. The van der Waals surface area contributed by atoms with E-state index in [0.717, 1.165) is 11.8 Å². The van der Waals surface area contributed by atoms with Crippen LogP contribution in [-0.4, -0.2) is 41.4 Å². The van der Waals surface area contributed by atoms with Crippen LogP contribution < -0.4 is 0 Å². The number of rotatable bonds is 8. The quantitative estimate of drug-likeness (QED) is 0.503. The van der Waals surface area contributed by atoms with E-state index in [4.69, 9.17) is 26.4 Å². The van der Waals surface area contributed by atoms with Crippen LogP contribution in [0.3, 0.4) is 0 Å². The fourth-order valence-electron chi connectivity index (χ4n) is 1.40. The van der Waals surface area contributed by atoms with Crippen LogP contribution in [0.15, 0.2) is 0 Å². The van der Waals surface area contributed by atoms with Crippen LogP contribution >= 0.6 is 24.0 Å². The summed E-state index contributed by atoms with van der Waals surface area (Å²) in [6.45, 7) is 8.04. The fourth-order valence-corrected chi connectivity index (χ4v) is 2.83. The molecule has 0 aliphatic heterocycles. The molecule has 20 heavy (non-hydrogen) atoms. The van der Waals surface area contributed by atoms with Crippen molar-refractivity contribution >= 4 is 40.3 Å². The van der Waals surface area contributed by atoms with Crippen LogP contribution in [0.5, 0.6) is 0 Å². The minimum atomic E-state index is -0.562. The molecule has 116 valence electrons. The minimum absolute atomic E-state index is 0.279. The Balaban J connectivity index is 4.63. The highest BCUT2D eigenvalue weighted by Gasteiger charge is 2.28. The summed E-state index contributed by atoms with van der Waals surface area (Å²) >= 11 is 6.13. The van der Waals surface area contributed by atoms with Crippen molar-refractivity contribution in [2.75, 3.05) is 19.8 Å². The van der Waals surface area contributed by atoms with Crippen LogP contribution in [0.1, 0.15) is 34.1 Å². The summed E-state index contributed by atoms with van der Waals surface area (Å²) in [6.07, 6.45) is 0.301. The number of esters is 2. The fraction of sp³-hybridized carbons (Fsp3) is 0.769. The van der Waals surface area contributed by atoms with Crippen LogP contribution in [0, 0.1) is 5.92 Å². The summed E-state index contributed by atoms with van der Waals surface area (Å²) in [5.74, 6) is -1.12. The Morgan fingerprint density at radius 2 is 1.50 bits per heavy atom. The number of ether oxygens (including phenoxy) is 3. The van der Waals surface area contributed by atoms with Gasteiger partial charge >= 0.3 is 11.9 Å². The highest BCUT2D eigenvalue weighted by molar-refractivity contribution is 8.23. The molecule has 0 aliphatic carbocycles. The standard InChI is InChI=1S/C13H22O5S2/c1-5-16-11(14)9(4)8-10(12(15)17-6-2)20-13(19)18-7-3/h9-10H,5-8H2,1-4H3. The molecule has 2 atom stereocenters. The maximum Gasteiger partial charge on any atom is 0.319 e. The van der Waals surface area contributed by atoms with Gasteiger partial charge in [-0.3, -0.25) is 9.59 Å². The first-order valence-electron chi connectivity index (χ1n) is 6.62. The van der Waals surface area contributed by atoms with Crippen molar-refractivity contribution in [2.45, 2.75) is 39.4 Å². The molecule has 0 aromatic carbocycles. The van der Waals surface area contributed by atoms with Crippen molar-refractivity contribution in [3.05, 3.63) is 0 Å².